The second-order valence-electron chi connectivity index (χ2n) is 6.18. The van der Waals surface area contributed by atoms with Crippen molar-refractivity contribution in [2.75, 3.05) is 0 Å². The molecule has 0 saturated heterocycles. The van der Waals surface area contributed by atoms with E-state index in [9.17, 15) is 4.39 Å². The lowest BCUT2D eigenvalue weighted by Gasteiger charge is -2.03. The van der Waals surface area contributed by atoms with Crippen molar-refractivity contribution in [2.45, 2.75) is 16.7 Å². The number of nitrogens with zero attached hydrogens (tertiary/aromatic N) is 2. The zero-order chi connectivity index (χ0) is 18.8. The van der Waals surface area contributed by atoms with Crippen LogP contribution in [-0.2, 0) is 0 Å². The van der Waals surface area contributed by atoms with Gasteiger partial charge in [0.05, 0.1) is 10.6 Å². The van der Waals surface area contributed by atoms with Crippen molar-refractivity contribution < 1.29 is 4.39 Å². The van der Waals surface area contributed by atoms with Gasteiger partial charge in [0.1, 0.15) is 11.5 Å². The van der Waals surface area contributed by atoms with Crippen LogP contribution in [0.1, 0.15) is 5.56 Å². The summed E-state index contributed by atoms with van der Waals surface area (Å²) in [6.07, 6.45) is 1.97. The molecule has 0 radical (unpaired) electrons. The number of aromatic nitrogens is 2. The van der Waals surface area contributed by atoms with E-state index in [0.717, 1.165) is 26.7 Å². The van der Waals surface area contributed by atoms with E-state index in [1.54, 1.807) is 28.6 Å². The van der Waals surface area contributed by atoms with Crippen molar-refractivity contribution in [1.29, 1.82) is 0 Å². The maximum absolute atomic E-state index is 13.3. The van der Waals surface area contributed by atoms with E-state index in [1.807, 2.05) is 30.5 Å². The second kappa shape index (κ2) is 7.59. The Hall–Kier alpha value is -2.56. The summed E-state index contributed by atoms with van der Waals surface area (Å²) in [6, 6.07) is 22.3. The molecule has 0 aliphatic rings. The van der Waals surface area contributed by atoms with Gasteiger partial charge in [0.15, 0.2) is 0 Å². The van der Waals surface area contributed by atoms with Crippen LogP contribution in [0.4, 0.5) is 4.39 Å². The Morgan fingerprint density at radius 3 is 2.22 bits per heavy atom. The molecule has 0 saturated carbocycles. The highest BCUT2D eigenvalue weighted by Gasteiger charge is 2.14. The normalized spacial score (nSPS) is 10.9. The number of hydrogen-bond donors (Lipinski definition) is 0. The molecule has 0 spiro atoms. The first kappa shape index (κ1) is 17.8. The number of aryl methyl sites for hydroxylation is 1. The largest absolute Gasteiger partial charge is 0.239 e. The van der Waals surface area contributed by atoms with E-state index in [0.29, 0.717) is 5.02 Å². The molecule has 5 heteroatoms. The lowest BCUT2D eigenvalue weighted by Crippen LogP contribution is -1.94. The fraction of sp³-hybridized carbons (Fsp3) is 0.0455. The van der Waals surface area contributed by atoms with Gasteiger partial charge in [-0.2, -0.15) is 5.10 Å². The Kier molecular flexibility index (Phi) is 5.01. The third-order valence-corrected chi connectivity index (χ3v) is 5.42. The SMILES string of the molecule is Cc1ccc(-c2nn(-c3ccc(F)cc3)cc2Sc2ccc(Cl)cc2)cc1. The third-order valence-electron chi connectivity index (χ3n) is 4.14. The number of benzene rings is 3. The van der Waals surface area contributed by atoms with Crippen molar-refractivity contribution in [3.8, 4) is 16.9 Å². The molecular formula is C22H16ClFN2S. The van der Waals surface area contributed by atoms with E-state index in [4.69, 9.17) is 16.7 Å². The number of hydrogen-bond acceptors (Lipinski definition) is 2. The smallest absolute Gasteiger partial charge is 0.123 e. The van der Waals surface area contributed by atoms with Gasteiger partial charge in [-0.15, -0.1) is 0 Å². The Labute approximate surface area is 166 Å². The van der Waals surface area contributed by atoms with Crippen LogP contribution in [0.15, 0.2) is 88.8 Å². The molecule has 1 aromatic heterocycles. The average Bonchev–Trinajstić information content (AvgIpc) is 3.08. The topological polar surface area (TPSA) is 17.8 Å². The van der Waals surface area contributed by atoms with Crippen LogP contribution in [0.2, 0.25) is 5.02 Å². The predicted octanol–water partition coefficient (Wildman–Crippen LogP) is 6.79. The molecule has 4 rings (SSSR count). The maximum Gasteiger partial charge on any atom is 0.123 e. The first-order valence-electron chi connectivity index (χ1n) is 8.44. The summed E-state index contributed by atoms with van der Waals surface area (Å²) >= 11 is 7.62. The van der Waals surface area contributed by atoms with Crippen molar-refractivity contribution in [1.82, 2.24) is 9.78 Å². The van der Waals surface area contributed by atoms with Crippen molar-refractivity contribution in [3.63, 3.8) is 0 Å². The molecule has 0 amide bonds. The van der Waals surface area contributed by atoms with Gasteiger partial charge in [-0.3, -0.25) is 0 Å². The van der Waals surface area contributed by atoms with E-state index in [-0.39, 0.29) is 5.82 Å². The van der Waals surface area contributed by atoms with E-state index < -0.39 is 0 Å². The average molecular weight is 395 g/mol. The Morgan fingerprint density at radius 2 is 1.56 bits per heavy atom. The van der Waals surface area contributed by atoms with Crippen LogP contribution in [-0.4, -0.2) is 9.78 Å². The zero-order valence-corrected chi connectivity index (χ0v) is 16.1. The molecule has 27 heavy (non-hydrogen) atoms. The van der Waals surface area contributed by atoms with Crippen LogP contribution in [0.5, 0.6) is 0 Å². The van der Waals surface area contributed by atoms with Gasteiger partial charge in [-0.1, -0.05) is 53.2 Å². The minimum Gasteiger partial charge on any atom is -0.239 e. The molecule has 0 bridgehead atoms. The standard InChI is InChI=1S/C22H16ClFN2S/c1-15-2-4-16(5-3-15)22-21(27-20-12-6-17(23)7-13-20)14-26(25-22)19-10-8-18(24)9-11-19/h2-14H,1H3. The molecule has 0 aliphatic heterocycles. The number of halogens is 2. The first-order chi connectivity index (χ1) is 13.1. The molecular weight excluding hydrogens is 379 g/mol. The Morgan fingerprint density at radius 1 is 0.889 bits per heavy atom. The molecule has 4 aromatic rings. The molecule has 0 N–H and O–H groups in total. The summed E-state index contributed by atoms with van der Waals surface area (Å²) < 4.78 is 15.0. The molecule has 0 unspecified atom stereocenters. The summed E-state index contributed by atoms with van der Waals surface area (Å²) in [5.41, 5.74) is 3.94. The maximum atomic E-state index is 13.3. The zero-order valence-electron chi connectivity index (χ0n) is 14.6. The summed E-state index contributed by atoms with van der Waals surface area (Å²) in [5, 5.41) is 5.48. The monoisotopic (exact) mass is 394 g/mol. The highest BCUT2D eigenvalue weighted by atomic mass is 35.5. The van der Waals surface area contributed by atoms with Crippen LogP contribution >= 0.6 is 23.4 Å². The quantitative estimate of drug-likeness (QED) is 0.379. The van der Waals surface area contributed by atoms with Crippen LogP contribution in [0.3, 0.4) is 0 Å². The first-order valence-corrected chi connectivity index (χ1v) is 9.64. The van der Waals surface area contributed by atoms with Gasteiger partial charge in [0.2, 0.25) is 0 Å². The molecule has 0 aliphatic carbocycles. The number of rotatable bonds is 4. The predicted molar refractivity (Wildman–Crippen MR) is 109 cm³/mol. The Bertz CT molecular complexity index is 1060. The van der Waals surface area contributed by atoms with Crippen molar-refractivity contribution in [3.05, 3.63) is 95.4 Å². The van der Waals surface area contributed by atoms with Crippen molar-refractivity contribution >= 4 is 23.4 Å². The summed E-state index contributed by atoms with van der Waals surface area (Å²) in [5.74, 6) is -0.263. The van der Waals surface area contributed by atoms with Gasteiger partial charge in [0.25, 0.3) is 0 Å². The highest BCUT2D eigenvalue weighted by molar-refractivity contribution is 7.99. The van der Waals surface area contributed by atoms with Gasteiger partial charge in [-0.05, 0) is 55.5 Å². The minimum absolute atomic E-state index is 0.263. The lowest BCUT2D eigenvalue weighted by atomic mass is 10.1. The molecule has 0 atom stereocenters. The molecule has 0 fully saturated rings. The summed E-state index contributed by atoms with van der Waals surface area (Å²) in [7, 11) is 0. The minimum atomic E-state index is -0.263. The van der Waals surface area contributed by atoms with Gasteiger partial charge in [0, 0.05) is 21.7 Å². The third kappa shape index (κ3) is 4.07. The van der Waals surface area contributed by atoms with E-state index in [1.165, 1.54) is 17.7 Å². The highest BCUT2D eigenvalue weighted by Crippen LogP contribution is 2.36. The Balaban J connectivity index is 1.77. The van der Waals surface area contributed by atoms with Crippen LogP contribution in [0, 0.1) is 12.7 Å². The fourth-order valence-corrected chi connectivity index (χ4v) is 3.76. The molecule has 1 heterocycles. The fourth-order valence-electron chi connectivity index (χ4n) is 2.70. The van der Waals surface area contributed by atoms with Gasteiger partial charge < -0.3 is 0 Å². The van der Waals surface area contributed by atoms with Crippen molar-refractivity contribution in [2.24, 2.45) is 0 Å². The van der Waals surface area contributed by atoms with Crippen LogP contribution in [0.25, 0.3) is 16.9 Å². The lowest BCUT2D eigenvalue weighted by molar-refractivity contribution is 0.627. The van der Waals surface area contributed by atoms with Gasteiger partial charge in [-0.25, -0.2) is 9.07 Å². The van der Waals surface area contributed by atoms with Crippen LogP contribution < -0.4 is 0 Å². The molecule has 3 aromatic carbocycles. The molecule has 2 nitrogen and oxygen atoms in total. The van der Waals surface area contributed by atoms with E-state index >= 15 is 0 Å². The van der Waals surface area contributed by atoms with E-state index in [2.05, 4.69) is 31.2 Å². The van der Waals surface area contributed by atoms with Gasteiger partial charge >= 0.3 is 0 Å². The summed E-state index contributed by atoms with van der Waals surface area (Å²) in [6.45, 7) is 2.06. The molecule has 134 valence electrons. The summed E-state index contributed by atoms with van der Waals surface area (Å²) in [4.78, 5) is 2.09. The second-order valence-corrected chi connectivity index (χ2v) is 7.74.